The van der Waals surface area contributed by atoms with Crippen LogP contribution in [0.1, 0.15) is 21.7 Å². The summed E-state index contributed by atoms with van der Waals surface area (Å²) >= 11 is 0. The molecular formula is C16H20N4O6S. The number of benzene rings is 1. The number of aromatic amines is 1. The molecule has 0 saturated carbocycles. The quantitative estimate of drug-likeness (QED) is 0.545. The fourth-order valence-corrected chi connectivity index (χ4v) is 4.85. The predicted molar refractivity (Wildman–Crippen MR) is 94.2 cm³/mol. The van der Waals surface area contributed by atoms with Crippen LogP contribution in [0.25, 0.3) is 0 Å². The minimum atomic E-state index is -3.72. The summed E-state index contributed by atoms with van der Waals surface area (Å²) in [6.07, 6.45) is 0. The Hall–Kier alpha value is -2.79. The lowest BCUT2D eigenvalue weighted by Gasteiger charge is -2.34. The second kappa shape index (κ2) is 6.74. The van der Waals surface area contributed by atoms with Crippen LogP contribution in [0.2, 0.25) is 0 Å². The van der Waals surface area contributed by atoms with Crippen molar-refractivity contribution >= 4 is 15.9 Å². The van der Waals surface area contributed by atoms with E-state index in [0.717, 1.165) is 12.1 Å². The first-order valence-electron chi connectivity index (χ1n) is 8.19. The van der Waals surface area contributed by atoms with Gasteiger partial charge in [0.05, 0.1) is 11.4 Å². The van der Waals surface area contributed by atoms with Gasteiger partial charge in [0.2, 0.25) is 10.0 Å². The van der Waals surface area contributed by atoms with E-state index in [1.54, 1.807) is 13.8 Å². The van der Waals surface area contributed by atoms with Gasteiger partial charge in [0.15, 0.2) is 17.2 Å². The molecule has 11 heteroatoms. The Balaban J connectivity index is 1.75. The van der Waals surface area contributed by atoms with Crippen LogP contribution in [0.4, 0.5) is 0 Å². The summed E-state index contributed by atoms with van der Waals surface area (Å²) in [6, 6.07) is 2.11. The van der Waals surface area contributed by atoms with Gasteiger partial charge in [-0.05, 0) is 26.0 Å². The number of carbonyl (C=O) groups excluding carboxylic acids is 1. The highest BCUT2D eigenvalue weighted by molar-refractivity contribution is 7.89. The van der Waals surface area contributed by atoms with Gasteiger partial charge in [-0.15, -0.1) is 0 Å². The zero-order valence-corrected chi connectivity index (χ0v) is 15.6. The lowest BCUT2D eigenvalue weighted by atomic mass is 10.1. The molecule has 3 rings (SSSR count). The summed E-state index contributed by atoms with van der Waals surface area (Å²) in [6.45, 7) is 3.76. The summed E-state index contributed by atoms with van der Waals surface area (Å²) < 4.78 is 27.0. The normalized spacial score (nSPS) is 15.9. The molecule has 2 heterocycles. The summed E-state index contributed by atoms with van der Waals surface area (Å²) in [4.78, 5) is 14.1. The van der Waals surface area contributed by atoms with Crippen molar-refractivity contribution in [3.05, 3.63) is 29.1 Å². The summed E-state index contributed by atoms with van der Waals surface area (Å²) in [5, 5.41) is 35.1. The van der Waals surface area contributed by atoms with Crippen molar-refractivity contribution in [1.82, 2.24) is 19.4 Å². The van der Waals surface area contributed by atoms with Gasteiger partial charge in [0.1, 0.15) is 4.90 Å². The Kier molecular flexibility index (Phi) is 4.74. The Morgan fingerprint density at radius 1 is 1.07 bits per heavy atom. The van der Waals surface area contributed by atoms with Gasteiger partial charge in [0, 0.05) is 31.7 Å². The zero-order chi connectivity index (χ0) is 19.9. The van der Waals surface area contributed by atoms with Crippen molar-refractivity contribution in [2.45, 2.75) is 18.7 Å². The highest BCUT2D eigenvalue weighted by atomic mass is 32.2. The monoisotopic (exact) mass is 396 g/mol. The third kappa shape index (κ3) is 3.30. The number of aryl methyl sites for hydroxylation is 2. The number of aromatic nitrogens is 2. The maximum Gasteiger partial charge on any atom is 0.254 e. The predicted octanol–water partition coefficient (Wildman–Crippen LogP) is 0.290. The van der Waals surface area contributed by atoms with Gasteiger partial charge in [0.25, 0.3) is 5.91 Å². The van der Waals surface area contributed by atoms with Crippen LogP contribution < -0.4 is 0 Å². The van der Waals surface area contributed by atoms with Crippen LogP contribution in [-0.2, 0) is 10.0 Å². The third-order valence-electron chi connectivity index (χ3n) is 4.50. The minimum absolute atomic E-state index is 0.000584. The second-order valence-corrected chi connectivity index (χ2v) is 8.20. The molecule has 146 valence electrons. The number of sulfonamides is 1. The minimum Gasteiger partial charge on any atom is -0.504 e. The molecule has 0 bridgehead atoms. The van der Waals surface area contributed by atoms with Gasteiger partial charge in [-0.1, -0.05) is 0 Å². The number of piperazine rings is 1. The molecule has 0 radical (unpaired) electrons. The number of amides is 1. The number of hydrogen-bond donors (Lipinski definition) is 4. The smallest absolute Gasteiger partial charge is 0.254 e. The molecule has 1 aliphatic heterocycles. The highest BCUT2D eigenvalue weighted by Crippen LogP contribution is 2.35. The van der Waals surface area contributed by atoms with Crippen molar-refractivity contribution in [1.29, 1.82) is 0 Å². The molecule has 27 heavy (non-hydrogen) atoms. The van der Waals surface area contributed by atoms with Crippen molar-refractivity contribution in [2.24, 2.45) is 0 Å². The molecule has 1 amide bonds. The molecule has 0 unspecified atom stereocenters. The number of phenols is 3. The fraction of sp³-hybridized carbons (Fsp3) is 0.375. The number of nitrogens with one attached hydrogen (secondary N) is 1. The highest BCUT2D eigenvalue weighted by Gasteiger charge is 2.33. The summed E-state index contributed by atoms with van der Waals surface area (Å²) in [5.74, 6) is -2.39. The molecule has 0 aliphatic carbocycles. The van der Waals surface area contributed by atoms with Crippen LogP contribution in [-0.4, -0.2) is 75.2 Å². The summed E-state index contributed by atoms with van der Waals surface area (Å²) in [5.41, 5.74) is 0.850. The van der Waals surface area contributed by atoms with Gasteiger partial charge < -0.3 is 20.2 Å². The molecule has 2 aromatic rings. The van der Waals surface area contributed by atoms with Crippen LogP contribution in [0.3, 0.4) is 0 Å². The number of nitrogens with zero attached hydrogens (tertiary/aromatic N) is 3. The van der Waals surface area contributed by atoms with E-state index in [-0.39, 0.29) is 36.6 Å². The van der Waals surface area contributed by atoms with Crippen LogP contribution in [0, 0.1) is 13.8 Å². The Morgan fingerprint density at radius 3 is 2.11 bits per heavy atom. The largest absolute Gasteiger partial charge is 0.504 e. The van der Waals surface area contributed by atoms with Crippen molar-refractivity contribution in [3.8, 4) is 17.2 Å². The number of carbonyl (C=O) groups is 1. The van der Waals surface area contributed by atoms with Crippen molar-refractivity contribution in [2.75, 3.05) is 26.2 Å². The molecular weight excluding hydrogens is 376 g/mol. The average Bonchev–Trinajstić information content (AvgIpc) is 2.97. The lowest BCUT2D eigenvalue weighted by Crippen LogP contribution is -2.50. The molecule has 10 nitrogen and oxygen atoms in total. The standard InChI is InChI=1S/C16H20N4O6S/c1-9-15(10(2)18-17-9)27(25,26)20-5-3-19(4-6-20)16(24)11-7-12(21)14(23)13(22)8-11/h7-8,21-23H,3-6H2,1-2H3,(H,17,18). The van der Waals surface area contributed by atoms with Crippen LogP contribution in [0.5, 0.6) is 17.2 Å². The van der Waals surface area contributed by atoms with Crippen LogP contribution >= 0.6 is 0 Å². The fourth-order valence-electron chi connectivity index (χ4n) is 3.09. The molecule has 0 atom stereocenters. The topological polar surface area (TPSA) is 147 Å². The van der Waals surface area contributed by atoms with E-state index >= 15 is 0 Å². The number of hydrogen-bond acceptors (Lipinski definition) is 7. The van der Waals surface area contributed by atoms with Gasteiger partial charge in [-0.3, -0.25) is 9.89 Å². The first kappa shape index (κ1) is 19.0. The first-order chi connectivity index (χ1) is 12.6. The van der Waals surface area contributed by atoms with Gasteiger partial charge in [-0.25, -0.2) is 8.42 Å². The van der Waals surface area contributed by atoms with Crippen molar-refractivity contribution < 1.29 is 28.5 Å². The average molecular weight is 396 g/mol. The number of aromatic hydroxyl groups is 3. The first-order valence-corrected chi connectivity index (χ1v) is 9.63. The van der Waals surface area contributed by atoms with Crippen molar-refractivity contribution in [3.63, 3.8) is 0 Å². The molecule has 1 saturated heterocycles. The lowest BCUT2D eigenvalue weighted by molar-refractivity contribution is 0.0697. The Bertz CT molecular complexity index is 950. The number of H-pyrrole nitrogens is 1. The molecule has 1 aromatic heterocycles. The summed E-state index contributed by atoms with van der Waals surface area (Å²) in [7, 11) is -3.72. The molecule has 1 fully saturated rings. The molecule has 0 spiro atoms. The van der Waals surface area contributed by atoms with E-state index in [9.17, 15) is 28.5 Å². The zero-order valence-electron chi connectivity index (χ0n) is 14.8. The molecule has 1 aliphatic rings. The maximum atomic E-state index is 12.8. The van der Waals surface area contributed by atoms with E-state index in [0.29, 0.717) is 11.4 Å². The Labute approximate surface area is 155 Å². The molecule has 1 aromatic carbocycles. The second-order valence-electron chi connectivity index (χ2n) is 6.32. The maximum absolute atomic E-state index is 12.8. The SMILES string of the molecule is Cc1n[nH]c(C)c1S(=O)(=O)N1CCN(C(=O)c2cc(O)c(O)c(O)c2)CC1. The van der Waals surface area contributed by atoms with Crippen LogP contribution in [0.15, 0.2) is 17.0 Å². The number of rotatable bonds is 3. The van der Waals surface area contributed by atoms with E-state index in [1.807, 2.05) is 0 Å². The molecule has 4 N–H and O–H groups in total. The third-order valence-corrected chi connectivity index (χ3v) is 6.66. The van der Waals surface area contributed by atoms with E-state index in [1.165, 1.54) is 9.21 Å². The Morgan fingerprint density at radius 2 is 1.63 bits per heavy atom. The van der Waals surface area contributed by atoms with E-state index < -0.39 is 33.2 Å². The van der Waals surface area contributed by atoms with E-state index in [4.69, 9.17) is 0 Å². The van der Waals surface area contributed by atoms with Gasteiger partial charge >= 0.3 is 0 Å². The van der Waals surface area contributed by atoms with E-state index in [2.05, 4.69) is 10.2 Å². The number of phenolic OH excluding ortho intramolecular Hbond substituents is 3. The van der Waals surface area contributed by atoms with Gasteiger partial charge in [-0.2, -0.15) is 9.40 Å².